The maximum atomic E-state index is 11.2. The van der Waals surface area contributed by atoms with E-state index < -0.39 is 6.09 Å². The number of carbonyl (C=O) groups is 1. The first kappa shape index (κ1) is 13.0. The number of quaternary nitrogens is 1. The monoisotopic (exact) mass is 241 g/mol. The average molecular weight is 242 g/mol. The maximum absolute atomic E-state index is 11.2. The number of carboxylic acid groups (broad SMARTS) is 1. The van der Waals surface area contributed by atoms with Gasteiger partial charge in [-0.2, -0.15) is 0 Å². The Hall–Kier alpha value is -1.06. The summed E-state index contributed by atoms with van der Waals surface area (Å²) in [7, 11) is 0. The molecule has 0 unspecified atom stereocenters. The molecule has 3 nitrogen and oxygen atoms in total. The van der Waals surface area contributed by atoms with Gasteiger partial charge in [-0.3, -0.25) is 4.48 Å². The van der Waals surface area contributed by atoms with Gasteiger partial charge in [-0.05, 0) is 26.0 Å². The van der Waals surface area contributed by atoms with Crippen molar-refractivity contribution < 1.29 is 14.4 Å². The minimum atomic E-state index is -1.03. The fraction of sp³-hybridized carbons (Fsp3) is 0.417. The minimum absolute atomic E-state index is 0.0539. The highest BCUT2D eigenvalue weighted by Gasteiger charge is 2.26. The van der Waals surface area contributed by atoms with Crippen molar-refractivity contribution in [2.45, 2.75) is 20.4 Å². The van der Waals surface area contributed by atoms with E-state index in [1.165, 1.54) is 0 Å². The summed E-state index contributed by atoms with van der Waals surface area (Å²) in [5.41, 5.74) is 0.956. The van der Waals surface area contributed by atoms with E-state index in [4.69, 9.17) is 11.6 Å². The molecule has 0 saturated carbocycles. The van der Waals surface area contributed by atoms with Gasteiger partial charge < -0.3 is 9.90 Å². The fourth-order valence-corrected chi connectivity index (χ4v) is 1.84. The molecule has 1 rings (SSSR count). The van der Waals surface area contributed by atoms with Crippen LogP contribution >= 0.6 is 11.6 Å². The van der Waals surface area contributed by atoms with Crippen LogP contribution in [-0.4, -0.2) is 23.7 Å². The first-order valence-corrected chi connectivity index (χ1v) is 5.74. The van der Waals surface area contributed by atoms with Crippen molar-refractivity contribution in [2.75, 3.05) is 13.1 Å². The second kappa shape index (κ2) is 5.32. The first-order valence-electron chi connectivity index (χ1n) is 5.36. The molecule has 0 saturated heterocycles. The summed E-state index contributed by atoms with van der Waals surface area (Å²) < 4.78 is -0.0539. The van der Waals surface area contributed by atoms with E-state index in [-0.39, 0.29) is 4.48 Å². The Morgan fingerprint density at radius 3 is 2.12 bits per heavy atom. The SMILES string of the molecule is CC[N+](CC)(Cc1ccc(Cl)cc1)C(=O)[O-]. The zero-order chi connectivity index (χ0) is 12.2. The van der Waals surface area contributed by atoms with E-state index >= 15 is 0 Å². The smallest absolute Gasteiger partial charge is 0.257 e. The summed E-state index contributed by atoms with van der Waals surface area (Å²) in [5, 5.41) is 11.8. The second-order valence-corrected chi connectivity index (χ2v) is 4.26. The predicted molar refractivity (Wildman–Crippen MR) is 61.9 cm³/mol. The topological polar surface area (TPSA) is 40.1 Å². The molecule has 0 aliphatic rings. The van der Waals surface area contributed by atoms with Crippen LogP contribution in [0.4, 0.5) is 4.79 Å². The molecule has 0 heterocycles. The number of carbonyl (C=O) groups excluding carboxylic acids is 1. The summed E-state index contributed by atoms with van der Waals surface area (Å²) >= 11 is 5.78. The Morgan fingerprint density at radius 1 is 1.25 bits per heavy atom. The zero-order valence-corrected chi connectivity index (χ0v) is 10.3. The molecule has 0 spiro atoms. The minimum Gasteiger partial charge on any atom is -0.498 e. The van der Waals surface area contributed by atoms with Gasteiger partial charge in [-0.25, -0.2) is 0 Å². The van der Waals surface area contributed by atoms with Crippen molar-refractivity contribution in [1.29, 1.82) is 0 Å². The molecule has 0 aromatic heterocycles. The maximum Gasteiger partial charge on any atom is 0.257 e. The molecule has 0 radical (unpaired) electrons. The Bertz CT molecular complexity index is 358. The van der Waals surface area contributed by atoms with Crippen LogP contribution in [0.25, 0.3) is 0 Å². The molecule has 0 bridgehead atoms. The molecule has 0 N–H and O–H groups in total. The average Bonchev–Trinajstić information content (AvgIpc) is 2.28. The molecule has 88 valence electrons. The van der Waals surface area contributed by atoms with Crippen LogP contribution in [0.3, 0.4) is 0 Å². The molecule has 0 aliphatic carbocycles. The quantitative estimate of drug-likeness (QED) is 0.757. The van der Waals surface area contributed by atoms with Gasteiger partial charge in [0.2, 0.25) is 0 Å². The number of amides is 1. The zero-order valence-electron chi connectivity index (χ0n) is 9.57. The number of hydrogen-bond acceptors (Lipinski definition) is 2. The van der Waals surface area contributed by atoms with Crippen LogP contribution in [0.1, 0.15) is 19.4 Å². The number of nitrogens with zero attached hydrogens (tertiary/aromatic N) is 1. The Balaban J connectivity index is 2.91. The lowest BCUT2D eigenvalue weighted by molar-refractivity contribution is -0.885. The molecular weight excluding hydrogens is 226 g/mol. The summed E-state index contributed by atoms with van der Waals surface area (Å²) in [6, 6.07) is 7.24. The molecule has 1 aromatic carbocycles. The van der Waals surface area contributed by atoms with Crippen LogP contribution in [0.2, 0.25) is 5.02 Å². The van der Waals surface area contributed by atoms with E-state index in [1.807, 2.05) is 26.0 Å². The lowest BCUT2D eigenvalue weighted by Gasteiger charge is -2.35. The highest BCUT2D eigenvalue weighted by atomic mass is 35.5. The first-order chi connectivity index (χ1) is 7.54. The number of hydrogen-bond donors (Lipinski definition) is 0. The molecule has 0 aliphatic heterocycles. The van der Waals surface area contributed by atoms with Gasteiger partial charge in [0.05, 0.1) is 13.1 Å². The second-order valence-electron chi connectivity index (χ2n) is 3.83. The van der Waals surface area contributed by atoms with Gasteiger partial charge in [0.25, 0.3) is 6.09 Å². The van der Waals surface area contributed by atoms with Gasteiger partial charge in [0, 0.05) is 10.6 Å². The molecule has 0 atom stereocenters. The third kappa shape index (κ3) is 2.74. The van der Waals surface area contributed by atoms with Crippen LogP contribution in [-0.2, 0) is 6.54 Å². The summed E-state index contributed by atoms with van der Waals surface area (Å²) in [4.78, 5) is 11.2. The standard InChI is InChI=1S/C12H16ClNO2/c1-3-14(4-2,12(15)16)9-10-5-7-11(13)8-6-10/h5-8H,3-4,9H2,1-2H3. The van der Waals surface area contributed by atoms with Gasteiger partial charge in [-0.15, -0.1) is 0 Å². The molecule has 1 aromatic rings. The van der Waals surface area contributed by atoms with Crippen molar-refractivity contribution in [3.63, 3.8) is 0 Å². The van der Waals surface area contributed by atoms with Crippen molar-refractivity contribution >= 4 is 17.7 Å². The molecule has 0 fully saturated rings. The highest BCUT2D eigenvalue weighted by molar-refractivity contribution is 6.30. The predicted octanol–water partition coefficient (Wildman–Crippen LogP) is 2.04. The van der Waals surface area contributed by atoms with Gasteiger partial charge in [-0.1, -0.05) is 23.7 Å². The summed E-state index contributed by atoms with van der Waals surface area (Å²) in [6.07, 6.45) is -1.03. The van der Waals surface area contributed by atoms with Crippen LogP contribution < -0.4 is 5.11 Å². The van der Waals surface area contributed by atoms with Crippen molar-refractivity contribution in [3.8, 4) is 0 Å². The van der Waals surface area contributed by atoms with E-state index in [1.54, 1.807) is 12.1 Å². The van der Waals surface area contributed by atoms with Crippen LogP contribution in [0.5, 0.6) is 0 Å². The van der Waals surface area contributed by atoms with E-state index in [2.05, 4.69) is 0 Å². The van der Waals surface area contributed by atoms with Gasteiger partial charge >= 0.3 is 0 Å². The van der Waals surface area contributed by atoms with Gasteiger partial charge in [0.1, 0.15) is 6.54 Å². The van der Waals surface area contributed by atoms with Gasteiger partial charge in [0.15, 0.2) is 0 Å². The van der Waals surface area contributed by atoms with E-state index in [9.17, 15) is 9.90 Å². The summed E-state index contributed by atoms with van der Waals surface area (Å²) in [5.74, 6) is 0. The van der Waals surface area contributed by atoms with Crippen molar-refractivity contribution in [2.24, 2.45) is 0 Å². The highest BCUT2D eigenvalue weighted by Crippen LogP contribution is 2.16. The number of halogens is 1. The molecule has 16 heavy (non-hydrogen) atoms. The van der Waals surface area contributed by atoms with E-state index in [0.717, 1.165) is 5.56 Å². The molecular formula is C12H16ClNO2. The number of rotatable bonds is 4. The Kier molecular flexibility index (Phi) is 4.33. The van der Waals surface area contributed by atoms with Crippen molar-refractivity contribution in [3.05, 3.63) is 34.9 Å². The largest absolute Gasteiger partial charge is 0.498 e. The molecule has 4 heteroatoms. The normalized spacial score (nSPS) is 11.4. The van der Waals surface area contributed by atoms with Crippen molar-refractivity contribution in [1.82, 2.24) is 0 Å². The van der Waals surface area contributed by atoms with E-state index in [0.29, 0.717) is 24.7 Å². The number of benzene rings is 1. The summed E-state index contributed by atoms with van der Waals surface area (Å²) in [6.45, 7) is 5.18. The third-order valence-corrected chi connectivity index (χ3v) is 3.25. The van der Waals surface area contributed by atoms with Crippen LogP contribution in [0, 0.1) is 0 Å². The van der Waals surface area contributed by atoms with Crippen LogP contribution in [0.15, 0.2) is 24.3 Å². The Morgan fingerprint density at radius 2 is 1.75 bits per heavy atom. The molecule has 1 amide bonds. The fourth-order valence-electron chi connectivity index (χ4n) is 1.71. The lowest BCUT2D eigenvalue weighted by atomic mass is 10.2. The third-order valence-electron chi connectivity index (χ3n) is 3.00. The Labute approximate surface area is 101 Å². The lowest BCUT2D eigenvalue weighted by Crippen LogP contribution is -2.57.